The van der Waals surface area contributed by atoms with Gasteiger partial charge in [-0.3, -0.25) is 4.79 Å². The number of rotatable bonds is 5. The monoisotopic (exact) mass is 310 g/mol. The fraction of sp³-hybridized carbons (Fsp3) is 0.462. The molecule has 0 aliphatic rings. The lowest BCUT2D eigenvalue weighted by molar-refractivity contribution is -0.121. The lowest BCUT2D eigenvalue weighted by Gasteiger charge is -2.17. The topological polar surface area (TPSA) is 41.1 Å². The van der Waals surface area contributed by atoms with Crippen LogP contribution in [0, 0.1) is 35.0 Å². The zero-order valence-electron chi connectivity index (χ0n) is 11.7. The molecule has 1 amide bonds. The number of halogens is 5. The molecule has 1 unspecified atom stereocenters. The number of carbonyl (C=O) groups is 1. The minimum absolute atomic E-state index is 0.148. The smallest absolute Gasteiger partial charge is 0.242 e. The molecule has 0 radical (unpaired) electrons. The van der Waals surface area contributed by atoms with Gasteiger partial charge < -0.3 is 10.6 Å². The van der Waals surface area contributed by atoms with Crippen LogP contribution in [0.2, 0.25) is 0 Å². The third kappa shape index (κ3) is 3.83. The number of hydrogen-bond acceptors (Lipinski definition) is 2. The number of benzene rings is 1. The van der Waals surface area contributed by atoms with E-state index < -0.39 is 46.7 Å². The van der Waals surface area contributed by atoms with Crippen LogP contribution in [0.5, 0.6) is 0 Å². The van der Waals surface area contributed by atoms with Crippen LogP contribution in [-0.2, 0) is 4.79 Å². The van der Waals surface area contributed by atoms with Crippen LogP contribution < -0.4 is 10.6 Å². The Kier molecular flexibility index (Phi) is 5.51. The number of nitrogens with one attached hydrogen (secondary N) is 2. The molecule has 8 heteroatoms. The Morgan fingerprint density at radius 1 is 0.905 bits per heavy atom. The highest BCUT2D eigenvalue weighted by molar-refractivity contribution is 5.84. The quantitative estimate of drug-likeness (QED) is 0.499. The number of hydrogen-bond donors (Lipinski definition) is 2. The highest BCUT2D eigenvalue weighted by atomic mass is 19.2. The molecule has 1 atom stereocenters. The predicted molar refractivity (Wildman–Crippen MR) is 67.2 cm³/mol. The number of carbonyl (C=O) groups excluding carboxylic acids is 1. The summed E-state index contributed by atoms with van der Waals surface area (Å²) >= 11 is 0. The van der Waals surface area contributed by atoms with Gasteiger partial charge in [0.1, 0.15) is 11.7 Å². The van der Waals surface area contributed by atoms with Gasteiger partial charge >= 0.3 is 0 Å². The van der Waals surface area contributed by atoms with Crippen molar-refractivity contribution in [1.29, 1.82) is 0 Å². The third-order valence-electron chi connectivity index (χ3n) is 2.65. The SMILES string of the molecule is CC(C)CNC(=O)C(C)Nc1c(F)c(F)c(F)c(F)c1F. The summed E-state index contributed by atoms with van der Waals surface area (Å²) in [6.45, 7) is 5.24. The van der Waals surface area contributed by atoms with Crippen molar-refractivity contribution in [2.75, 3.05) is 11.9 Å². The van der Waals surface area contributed by atoms with Crippen LogP contribution in [0.1, 0.15) is 20.8 Å². The van der Waals surface area contributed by atoms with Gasteiger partial charge in [0.15, 0.2) is 23.3 Å². The van der Waals surface area contributed by atoms with Gasteiger partial charge in [-0.1, -0.05) is 13.8 Å². The Morgan fingerprint density at radius 2 is 1.33 bits per heavy atom. The molecule has 0 aliphatic heterocycles. The molecule has 0 fully saturated rings. The summed E-state index contributed by atoms with van der Waals surface area (Å²) in [5, 5.41) is 4.48. The lowest BCUT2D eigenvalue weighted by Crippen LogP contribution is -2.39. The lowest BCUT2D eigenvalue weighted by atomic mass is 10.2. The summed E-state index contributed by atoms with van der Waals surface area (Å²) in [7, 11) is 0. The van der Waals surface area contributed by atoms with E-state index in [0.717, 1.165) is 0 Å². The average molecular weight is 310 g/mol. The maximum absolute atomic E-state index is 13.4. The second kappa shape index (κ2) is 6.73. The zero-order valence-corrected chi connectivity index (χ0v) is 11.7. The highest BCUT2D eigenvalue weighted by Crippen LogP contribution is 2.27. The summed E-state index contributed by atoms with van der Waals surface area (Å²) < 4.78 is 65.7. The summed E-state index contributed by atoms with van der Waals surface area (Å²) in [4.78, 5) is 11.6. The highest BCUT2D eigenvalue weighted by Gasteiger charge is 2.27. The van der Waals surface area contributed by atoms with E-state index in [2.05, 4.69) is 5.32 Å². The van der Waals surface area contributed by atoms with Gasteiger partial charge in [0, 0.05) is 6.54 Å². The van der Waals surface area contributed by atoms with E-state index in [0.29, 0.717) is 6.54 Å². The summed E-state index contributed by atoms with van der Waals surface area (Å²) in [6.07, 6.45) is 0. The summed E-state index contributed by atoms with van der Waals surface area (Å²) in [6, 6.07) is -1.17. The second-order valence-corrected chi connectivity index (χ2v) is 4.95. The Hall–Kier alpha value is -1.86. The molecular formula is C13H15F5N2O. The van der Waals surface area contributed by atoms with Gasteiger partial charge in [-0.2, -0.15) is 0 Å². The Labute approximate surface area is 118 Å². The van der Waals surface area contributed by atoms with Gasteiger partial charge in [-0.15, -0.1) is 0 Å². The van der Waals surface area contributed by atoms with Crippen molar-refractivity contribution in [3.05, 3.63) is 29.1 Å². The Balaban J connectivity index is 2.96. The molecule has 21 heavy (non-hydrogen) atoms. The second-order valence-electron chi connectivity index (χ2n) is 4.95. The van der Waals surface area contributed by atoms with E-state index in [1.165, 1.54) is 6.92 Å². The van der Waals surface area contributed by atoms with Crippen LogP contribution in [0.15, 0.2) is 0 Å². The molecule has 0 saturated heterocycles. The number of amides is 1. The van der Waals surface area contributed by atoms with E-state index in [4.69, 9.17) is 0 Å². The first-order chi connectivity index (χ1) is 9.66. The van der Waals surface area contributed by atoms with Crippen molar-refractivity contribution in [3.63, 3.8) is 0 Å². The van der Waals surface area contributed by atoms with Gasteiger partial charge in [-0.25, -0.2) is 22.0 Å². The van der Waals surface area contributed by atoms with Crippen molar-refractivity contribution < 1.29 is 26.7 Å². The van der Waals surface area contributed by atoms with E-state index in [-0.39, 0.29) is 5.92 Å². The number of anilines is 1. The fourth-order valence-electron chi connectivity index (χ4n) is 1.47. The first-order valence-electron chi connectivity index (χ1n) is 6.22. The minimum atomic E-state index is -2.24. The summed E-state index contributed by atoms with van der Waals surface area (Å²) in [5.74, 6) is -10.8. The van der Waals surface area contributed by atoms with Crippen LogP contribution in [0.3, 0.4) is 0 Å². The first kappa shape index (κ1) is 17.2. The van der Waals surface area contributed by atoms with E-state index >= 15 is 0 Å². The minimum Gasteiger partial charge on any atom is -0.369 e. The predicted octanol–water partition coefficient (Wildman–Crippen LogP) is 2.95. The van der Waals surface area contributed by atoms with Crippen molar-refractivity contribution in [3.8, 4) is 0 Å². The average Bonchev–Trinajstić information content (AvgIpc) is 2.44. The summed E-state index contributed by atoms with van der Waals surface area (Å²) in [5.41, 5.74) is -1.22. The molecule has 3 nitrogen and oxygen atoms in total. The molecule has 0 aromatic heterocycles. The third-order valence-corrected chi connectivity index (χ3v) is 2.65. The molecule has 0 heterocycles. The standard InChI is InChI=1S/C13H15F5N2O/c1-5(2)4-19-13(21)6(3)20-12-10(17)8(15)7(14)9(16)11(12)18/h5-6,20H,4H2,1-3H3,(H,19,21). The molecule has 0 aliphatic carbocycles. The molecule has 118 valence electrons. The molecular weight excluding hydrogens is 295 g/mol. The van der Waals surface area contributed by atoms with Gasteiger partial charge in [0.05, 0.1) is 0 Å². The van der Waals surface area contributed by atoms with Gasteiger partial charge in [0.25, 0.3) is 0 Å². The molecule has 0 spiro atoms. The van der Waals surface area contributed by atoms with Crippen LogP contribution in [0.25, 0.3) is 0 Å². The van der Waals surface area contributed by atoms with Crippen LogP contribution in [-0.4, -0.2) is 18.5 Å². The fourth-order valence-corrected chi connectivity index (χ4v) is 1.47. The van der Waals surface area contributed by atoms with Crippen molar-refractivity contribution in [2.24, 2.45) is 5.92 Å². The van der Waals surface area contributed by atoms with E-state index in [9.17, 15) is 26.7 Å². The molecule has 1 aromatic carbocycles. The van der Waals surface area contributed by atoms with Crippen LogP contribution >= 0.6 is 0 Å². The van der Waals surface area contributed by atoms with Crippen LogP contribution in [0.4, 0.5) is 27.6 Å². The maximum Gasteiger partial charge on any atom is 0.242 e. The molecule has 2 N–H and O–H groups in total. The maximum atomic E-state index is 13.4. The van der Waals surface area contributed by atoms with Crippen molar-refractivity contribution in [1.82, 2.24) is 5.32 Å². The van der Waals surface area contributed by atoms with Crippen molar-refractivity contribution >= 4 is 11.6 Å². The largest absolute Gasteiger partial charge is 0.369 e. The molecule has 1 aromatic rings. The molecule has 1 rings (SSSR count). The Bertz CT molecular complexity index is 519. The molecule has 0 saturated carbocycles. The Morgan fingerprint density at radius 3 is 1.76 bits per heavy atom. The van der Waals surface area contributed by atoms with E-state index in [1.54, 1.807) is 0 Å². The van der Waals surface area contributed by atoms with E-state index in [1.807, 2.05) is 19.2 Å². The normalized spacial score (nSPS) is 12.4. The van der Waals surface area contributed by atoms with Crippen molar-refractivity contribution in [2.45, 2.75) is 26.8 Å². The molecule has 0 bridgehead atoms. The van der Waals surface area contributed by atoms with Gasteiger partial charge in [-0.05, 0) is 12.8 Å². The van der Waals surface area contributed by atoms with Gasteiger partial charge in [0.2, 0.25) is 11.7 Å². The first-order valence-corrected chi connectivity index (χ1v) is 6.22. The zero-order chi connectivity index (χ0) is 16.3.